The average molecular weight is 464 g/mol. The van der Waals surface area contributed by atoms with Gasteiger partial charge in [0.1, 0.15) is 9.88 Å². The van der Waals surface area contributed by atoms with E-state index < -0.39 is 11.9 Å². The fraction of sp³-hybridized carbons (Fsp3) is 0.476. The Morgan fingerprint density at radius 1 is 1.06 bits per heavy atom. The lowest BCUT2D eigenvalue weighted by molar-refractivity contribution is -0.113. The van der Waals surface area contributed by atoms with Gasteiger partial charge in [0, 0.05) is 11.4 Å². The van der Waals surface area contributed by atoms with E-state index in [9.17, 15) is 14.4 Å². The average Bonchev–Trinajstić information content (AvgIpc) is 3.31. The third-order valence-corrected chi connectivity index (χ3v) is 6.83. The van der Waals surface area contributed by atoms with Gasteiger partial charge in [-0.3, -0.25) is 4.79 Å². The molecule has 1 aliphatic rings. The van der Waals surface area contributed by atoms with E-state index in [0.29, 0.717) is 10.7 Å². The van der Waals surface area contributed by atoms with Gasteiger partial charge in [-0.2, -0.15) is 0 Å². The number of nitrogens with one attached hydrogen (secondary N) is 1. The first-order chi connectivity index (χ1) is 14.8. The number of thioether (sulfide) groups is 1. The lowest BCUT2D eigenvalue weighted by atomic mass is 10.1. The summed E-state index contributed by atoms with van der Waals surface area (Å²) < 4.78 is 10.2. The van der Waals surface area contributed by atoms with Gasteiger partial charge in [-0.15, -0.1) is 11.3 Å². The van der Waals surface area contributed by atoms with Crippen molar-refractivity contribution in [2.75, 3.05) is 24.3 Å². The molecule has 0 saturated carbocycles. The van der Waals surface area contributed by atoms with Crippen molar-refractivity contribution in [1.82, 2.24) is 9.97 Å². The highest BCUT2D eigenvalue weighted by atomic mass is 32.2. The van der Waals surface area contributed by atoms with Gasteiger partial charge in [-0.25, -0.2) is 19.6 Å². The molecule has 0 aromatic carbocycles. The molecule has 8 nitrogen and oxygen atoms in total. The highest BCUT2D eigenvalue weighted by Gasteiger charge is 2.27. The summed E-state index contributed by atoms with van der Waals surface area (Å²) in [6.45, 7) is 7.40. The summed E-state index contributed by atoms with van der Waals surface area (Å²) in [6, 6.07) is 0. The Morgan fingerprint density at radius 2 is 1.77 bits per heavy atom. The number of thiophene rings is 1. The van der Waals surface area contributed by atoms with Crippen molar-refractivity contribution in [2.24, 2.45) is 0 Å². The number of carbonyl (C=O) groups excluding carboxylic acids is 3. The highest BCUT2D eigenvalue weighted by Crippen LogP contribution is 2.34. The van der Waals surface area contributed by atoms with E-state index in [4.69, 9.17) is 9.47 Å². The largest absolute Gasteiger partial charge is 0.462 e. The molecule has 1 aliphatic carbocycles. The SMILES string of the molecule is CCOC(=O)c1sc(NC(=O)CSc2nc(C)c3c(n2)CCC3)c(C(=O)OCC)c1C. The molecule has 0 bridgehead atoms. The standard InChI is InChI=1S/C21H25N3O5S2/c1-5-28-19(26)16-11(3)17(20(27)29-6-2)31-18(16)24-15(25)10-30-21-22-12(4)13-8-7-9-14(13)23-21/h5-10H2,1-4H3,(H,24,25). The minimum absolute atomic E-state index is 0.0756. The summed E-state index contributed by atoms with van der Waals surface area (Å²) in [4.78, 5) is 46.6. The Hall–Kier alpha value is -2.46. The minimum atomic E-state index is -0.590. The van der Waals surface area contributed by atoms with Crippen molar-refractivity contribution in [3.8, 4) is 0 Å². The number of ether oxygens (including phenoxy) is 2. The van der Waals surface area contributed by atoms with Crippen LogP contribution < -0.4 is 5.32 Å². The molecular weight excluding hydrogens is 438 g/mol. The third-order valence-electron chi connectivity index (χ3n) is 4.79. The van der Waals surface area contributed by atoms with Crippen molar-refractivity contribution in [2.45, 2.75) is 52.1 Å². The molecule has 0 aliphatic heterocycles. The van der Waals surface area contributed by atoms with Gasteiger partial charge in [0.05, 0.1) is 24.5 Å². The van der Waals surface area contributed by atoms with Gasteiger partial charge in [-0.1, -0.05) is 11.8 Å². The fourth-order valence-electron chi connectivity index (χ4n) is 3.39. The number of rotatable bonds is 8. The number of nitrogens with zero attached hydrogens (tertiary/aromatic N) is 2. The smallest absolute Gasteiger partial charge is 0.348 e. The lowest BCUT2D eigenvalue weighted by Gasteiger charge is -2.08. The quantitative estimate of drug-likeness (QED) is 0.358. The molecule has 0 fully saturated rings. The van der Waals surface area contributed by atoms with E-state index in [1.54, 1.807) is 20.8 Å². The molecule has 31 heavy (non-hydrogen) atoms. The van der Waals surface area contributed by atoms with Gasteiger partial charge in [0.25, 0.3) is 0 Å². The number of hydrogen-bond donors (Lipinski definition) is 1. The first-order valence-electron chi connectivity index (χ1n) is 10.1. The number of aromatic nitrogens is 2. The maximum Gasteiger partial charge on any atom is 0.348 e. The Balaban J connectivity index is 1.75. The van der Waals surface area contributed by atoms with Crippen LogP contribution in [0.2, 0.25) is 0 Å². The maximum atomic E-state index is 12.6. The van der Waals surface area contributed by atoms with Crippen LogP contribution in [0.1, 0.15) is 62.8 Å². The topological polar surface area (TPSA) is 107 Å². The predicted molar refractivity (Wildman–Crippen MR) is 119 cm³/mol. The first kappa shape index (κ1) is 23.2. The Morgan fingerprint density at radius 3 is 2.48 bits per heavy atom. The summed E-state index contributed by atoms with van der Waals surface area (Å²) in [7, 11) is 0. The van der Waals surface area contributed by atoms with Crippen LogP contribution in [0.3, 0.4) is 0 Å². The van der Waals surface area contributed by atoms with E-state index in [1.807, 2.05) is 6.92 Å². The van der Waals surface area contributed by atoms with Crippen molar-refractivity contribution < 1.29 is 23.9 Å². The normalized spacial score (nSPS) is 12.4. The maximum absolute atomic E-state index is 12.6. The lowest BCUT2D eigenvalue weighted by Crippen LogP contribution is -2.16. The van der Waals surface area contributed by atoms with Crippen LogP contribution in [0.25, 0.3) is 0 Å². The minimum Gasteiger partial charge on any atom is -0.462 e. The van der Waals surface area contributed by atoms with E-state index in [1.165, 1.54) is 17.3 Å². The Labute approximate surface area is 189 Å². The van der Waals surface area contributed by atoms with Crippen molar-refractivity contribution in [1.29, 1.82) is 0 Å². The number of amides is 1. The van der Waals surface area contributed by atoms with Gasteiger partial charge >= 0.3 is 11.9 Å². The van der Waals surface area contributed by atoms with Crippen LogP contribution in [-0.4, -0.2) is 46.8 Å². The molecule has 1 amide bonds. The molecule has 0 saturated heterocycles. The summed E-state index contributed by atoms with van der Waals surface area (Å²) in [5.74, 6) is -1.37. The van der Waals surface area contributed by atoms with Gasteiger partial charge in [0.15, 0.2) is 5.16 Å². The van der Waals surface area contributed by atoms with Crippen LogP contribution in [0, 0.1) is 13.8 Å². The third kappa shape index (κ3) is 5.24. The molecule has 1 N–H and O–H groups in total. The van der Waals surface area contributed by atoms with Crippen molar-refractivity contribution in [3.05, 3.63) is 33.0 Å². The number of fused-ring (bicyclic) bond motifs is 1. The van der Waals surface area contributed by atoms with E-state index in [-0.39, 0.29) is 40.3 Å². The van der Waals surface area contributed by atoms with Crippen molar-refractivity contribution in [3.63, 3.8) is 0 Å². The van der Waals surface area contributed by atoms with Crippen LogP contribution in [0.15, 0.2) is 5.16 Å². The van der Waals surface area contributed by atoms with E-state index >= 15 is 0 Å². The number of hydrogen-bond acceptors (Lipinski definition) is 9. The van der Waals surface area contributed by atoms with Crippen molar-refractivity contribution >= 4 is 45.9 Å². The van der Waals surface area contributed by atoms with E-state index in [0.717, 1.165) is 42.0 Å². The Kier molecular flexibility index (Phi) is 7.66. The number of esters is 2. The molecule has 0 atom stereocenters. The molecule has 0 radical (unpaired) electrons. The van der Waals surface area contributed by atoms with E-state index in [2.05, 4.69) is 15.3 Å². The predicted octanol–water partition coefficient (Wildman–Crippen LogP) is 3.73. The second kappa shape index (κ2) is 10.2. The number of anilines is 1. The van der Waals surface area contributed by atoms with Gasteiger partial charge in [-0.05, 0) is 58.1 Å². The van der Waals surface area contributed by atoms with Crippen LogP contribution in [0.4, 0.5) is 5.00 Å². The molecule has 2 aromatic heterocycles. The molecule has 0 unspecified atom stereocenters. The second-order valence-electron chi connectivity index (χ2n) is 6.91. The second-order valence-corrected chi connectivity index (χ2v) is 8.87. The Bertz CT molecular complexity index is 1020. The summed E-state index contributed by atoms with van der Waals surface area (Å²) >= 11 is 2.25. The molecular formula is C21H25N3O5S2. The zero-order valence-electron chi connectivity index (χ0n) is 18.0. The molecule has 3 rings (SSSR count). The van der Waals surface area contributed by atoms with Crippen LogP contribution >= 0.6 is 23.1 Å². The molecule has 2 aromatic rings. The zero-order valence-corrected chi connectivity index (χ0v) is 19.6. The zero-order chi connectivity index (χ0) is 22.5. The molecule has 166 valence electrons. The highest BCUT2D eigenvalue weighted by molar-refractivity contribution is 7.99. The van der Waals surface area contributed by atoms with Crippen LogP contribution in [0.5, 0.6) is 0 Å². The number of aryl methyl sites for hydroxylation is 2. The van der Waals surface area contributed by atoms with Gasteiger partial charge in [0.2, 0.25) is 5.91 Å². The monoisotopic (exact) mass is 463 g/mol. The summed E-state index contributed by atoms with van der Waals surface area (Å²) in [5, 5.41) is 3.58. The first-order valence-corrected chi connectivity index (χ1v) is 11.9. The number of carbonyl (C=O) groups is 3. The molecule has 2 heterocycles. The molecule has 10 heteroatoms. The summed E-state index contributed by atoms with van der Waals surface area (Å²) in [5.41, 5.74) is 3.85. The van der Waals surface area contributed by atoms with Gasteiger partial charge < -0.3 is 14.8 Å². The summed E-state index contributed by atoms with van der Waals surface area (Å²) in [6.07, 6.45) is 3.02. The molecule has 0 spiro atoms. The fourth-order valence-corrected chi connectivity index (χ4v) is 5.21. The van der Waals surface area contributed by atoms with Crippen LogP contribution in [-0.2, 0) is 27.1 Å².